The Labute approximate surface area is 274 Å². The Morgan fingerprint density at radius 1 is 0.800 bits per heavy atom. The number of rotatable bonds is 11. The second-order valence-electron chi connectivity index (χ2n) is 16.7. The number of hydrogen-bond acceptors (Lipinski definition) is 3. The Balaban J connectivity index is 1.90. The van der Waals surface area contributed by atoms with Gasteiger partial charge in [-0.1, -0.05) is 99.4 Å². The first kappa shape index (κ1) is 37.1. The minimum absolute atomic E-state index is 0.0447. The molecule has 3 aromatic rings. The number of aryl methyl sites for hydroxylation is 1. The lowest BCUT2D eigenvalue weighted by Crippen LogP contribution is -2.48. The second-order valence-corrected chi connectivity index (χ2v) is 17.8. The smallest absolute Gasteiger partial charge is 0.417 e. The molecule has 1 atom stereocenters. The third-order valence-electron chi connectivity index (χ3n) is 9.25. The van der Waals surface area contributed by atoms with Crippen molar-refractivity contribution >= 4 is 27.4 Å². The normalized spacial score (nSPS) is 14.9. The highest BCUT2D eigenvalue weighted by atomic mass is 32.1. The molecular formula is C39H55F3O2S. The maximum Gasteiger partial charge on any atom is 0.417 e. The van der Waals surface area contributed by atoms with E-state index < -0.39 is 22.8 Å². The Morgan fingerprint density at radius 2 is 1.44 bits per heavy atom. The Bertz CT molecular complexity index is 1480. The Morgan fingerprint density at radius 3 is 2.00 bits per heavy atom. The molecule has 0 saturated carbocycles. The first-order chi connectivity index (χ1) is 20.4. The van der Waals surface area contributed by atoms with Crippen molar-refractivity contribution < 1.29 is 22.7 Å². The van der Waals surface area contributed by atoms with Gasteiger partial charge in [-0.25, -0.2) is 0 Å². The number of alkyl halides is 3. The molecule has 2 nitrogen and oxygen atoms in total. The van der Waals surface area contributed by atoms with Gasteiger partial charge >= 0.3 is 12.1 Å². The minimum atomic E-state index is -4.43. The van der Waals surface area contributed by atoms with Gasteiger partial charge in [0.25, 0.3) is 0 Å². The predicted octanol–water partition coefficient (Wildman–Crippen LogP) is 12.8. The van der Waals surface area contributed by atoms with Crippen LogP contribution >= 0.6 is 11.3 Å². The number of hydrogen-bond donors (Lipinski definition) is 0. The number of unbranched alkanes of at least 4 members (excludes halogenated alkanes) is 2. The number of fused-ring (bicyclic) bond motifs is 1. The summed E-state index contributed by atoms with van der Waals surface area (Å²) in [5.41, 5.74) is -0.638. The van der Waals surface area contributed by atoms with Crippen molar-refractivity contribution in [1.82, 2.24) is 0 Å². The molecule has 0 fully saturated rings. The molecule has 0 bridgehead atoms. The van der Waals surface area contributed by atoms with Gasteiger partial charge in [0.2, 0.25) is 0 Å². The summed E-state index contributed by atoms with van der Waals surface area (Å²) >= 11 is 1.39. The van der Waals surface area contributed by atoms with Crippen molar-refractivity contribution in [2.75, 3.05) is 0 Å². The van der Waals surface area contributed by atoms with E-state index in [2.05, 4.69) is 74.4 Å². The average Bonchev–Trinajstić information content (AvgIpc) is 3.29. The molecule has 1 heterocycles. The van der Waals surface area contributed by atoms with Crippen LogP contribution < -0.4 is 0 Å². The van der Waals surface area contributed by atoms with E-state index in [4.69, 9.17) is 4.74 Å². The van der Waals surface area contributed by atoms with Gasteiger partial charge in [0.15, 0.2) is 0 Å². The second kappa shape index (κ2) is 13.0. The highest BCUT2D eigenvalue weighted by molar-refractivity contribution is 7.22. The fourth-order valence-electron chi connectivity index (χ4n) is 6.63. The molecule has 0 amide bonds. The van der Waals surface area contributed by atoms with Gasteiger partial charge in [-0.2, -0.15) is 13.2 Å². The summed E-state index contributed by atoms with van der Waals surface area (Å²) in [6.45, 7) is 25.1. The van der Waals surface area contributed by atoms with Crippen LogP contribution in [0.3, 0.4) is 0 Å². The zero-order valence-corrected chi connectivity index (χ0v) is 30.5. The summed E-state index contributed by atoms with van der Waals surface area (Å²) < 4.78 is 49.9. The Kier molecular flexibility index (Phi) is 10.8. The molecule has 0 aliphatic carbocycles. The predicted molar refractivity (Wildman–Crippen MR) is 185 cm³/mol. The van der Waals surface area contributed by atoms with Crippen molar-refractivity contribution in [3.05, 3.63) is 59.2 Å². The van der Waals surface area contributed by atoms with Crippen LogP contribution in [0.4, 0.5) is 13.2 Å². The van der Waals surface area contributed by atoms with Crippen LogP contribution in [-0.4, -0.2) is 11.6 Å². The molecule has 1 unspecified atom stereocenters. The van der Waals surface area contributed by atoms with Gasteiger partial charge in [0, 0.05) is 15.1 Å². The molecular weight excluding hydrogens is 589 g/mol. The van der Waals surface area contributed by atoms with Gasteiger partial charge in [-0.05, 0) is 97.4 Å². The summed E-state index contributed by atoms with van der Waals surface area (Å²) in [6, 6.07) is 12.8. The van der Waals surface area contributed by atoms with Gasteiger partial charge in [-0.3, -0.25) is 4.79 Å². The van der Waals surface area contributed by atoms with E-state index in [1.165, 1.54) is 17.4 Å². The standard InChI is InChI=1S/C39H55F3O2S/c1-13-14-15-16-26-17-20-29(30(21-26)39(40,41)42)32-22-27-18-19-28(23-31(27)45-32)36(8,9)25-37(10,11)44-33(43)38(12,35(5,6)7)24-34(2,3)4/h17-23H,13-16,24-25H2,1-12H3. The molecule has 45 heavy (non-hydrogen) atoms. The molecule has 0 aliphatic rings. The van der Waals surface area contributed by atoms with Crippen LogP contribution in [0.1, 0.15) is 132 Å². The summed E-state index contributed by atoms with van der Waals surface area (Å²) in [5, 5.41) is 0.920. The van der Waals surface area contributed by atoms with Crippen molar-refractivity contribution in [2.24, 2.45) is 16.2 Å². The van der Waals surface area contributed by atoms with Crippen molar-refractivity contribution in [1.29, 1.82) is 0 Å². The molecule has 2 aromatic carbocycles. The Hall–Kier alpha value is -2.34. The van der Waals surface area contributed by atoms with Gasteiger partial charge < -0.3 is 4.74 Å². The van der Waals surface area contributed by atoms with E-state index in [-0.39, 0.29) is 27.8 Å². The lowest BCUT2D eigenvalue weighted by Gasteiger charge is -2.45. The van der Waals surface area contributed by atoms with Gasteiger partial charge in [-0.15, -0.1) is 11.3 Å². The molecule has 0 aliphatic heterocycles. The van der Waals surface area contributed by atoms with Crippen LogP contribution in [0.15, 0.2) is 42.5 Å². The third-order valence-corrected chi connectivity index (χ3v) is 10.4. The first-order valence-corrected chi connectivity index (χ1v) is 17.2. The highest BCUT2D eigenvalue weighted by Crippen LogP contribution is 2.49. The largest absolute Gasteiger partial charge is 0.459 e. The summed E-state index contributed by atoms with van der Waals surface area (Å²) in [5.74, 6) is -0.180. The fraction of sp³-hybridized carbons (Fsp3) is 0.615. The van der Waals surface area contributed by atoms with Crippen LogP contribution in [0.5, 0.6) is 0 Å². The van der Waals surface area contributed by atoms with Crippen molar-refractivity contribution in [3.8, 4) is 10.4 Å². The molecule has 0 saturated heterocycles. The van der Waals surface area contributed by atoms with Crippen molar-refractivity contribution in [3.63, 3.8) is 0 Å². The van der Waals surface area contributed by atoms with E-state index in [0.29, 0.717) is 24.1 Å². The molecule has 6 heteroatoms. The minimum Gasteiger partial charge on any atom is -0.459 e. The van der Waals surface area contributed by atoms with Crippen LogP contribution in [0, 0.1) is 16.2 Å². The quantitative estimate of drug-likeness (QED) is 0.153. The molecule has 3 rings (SSSR count). The van der Waals surface area contributed by atoms with Crippen molar-refractivity contribution in [2.45, 2.75) is 139 Å². The number of carbonyl (C=O) groups is 1. The zero-order chi connectivity index (χ0) is 34.2. The summed E-state index contributed by atoms with van der Waals surface area (Å²) in [7, 11) is 0. The van der Waals surface area contributed by atoms with E-state index in [1.54, 1.807) is 6.07 Å². The molecule has 1 aromatic heterocycles. The lowest BCUT2D eigenvalue weighted by molar-refractivity contribution is -0.179. The number of ether oxygens (including phenoxy) is 1. The maximum absolute atomic E-state index is 14.2. The van der Waals surface area contributed by atoms with E-state index in [1.807, 2.05) is 39.0 Å². The lowest BCUT2D eigenvalue weighted by atomic mass is 9.61. The summed E-state index contributed by atoms with van der Waals surface area (Å²) in [4.78, 5) is 14.4. The van der Waals surface area contributed by atoms with Gasteiger partial charge in [0.05, 0.1) is 11.0 Å². The third kappa shape index (κ3) is 9.14. The maximum atomic E-state index is 14.2. The van der Waals surface area contributed by atoms with E-state index in [0.717, 1.165) is 40.5 Å². The molecule has 0 radical (unpaired) electrons. The monoisotopic (exact) mass is 644 g/mol. The number of benzene rings is 2. The average molecular weight is 645 g/mol. The SMILES string of the molecule is CCCCCc1ccc(-c2cc3ccc(C(C)(C)CC(C)(C)OC(=O)C(C)(CC(C)(C)C)C(C)(C)C)cc3s2)c(C(F)(F)F)c1. The zero-order valence-electron chi connectivity index (χ0n) is 29.6. The van der Waals surface area contributed by atoms with Crippen LogP contribution in [0.25, 0.3) is 20.5 Å². The number of esters is 1. The highest BCUT2D eigenvalue weighted by Gasteiger charge is 2.49. The number of thiophene rings is 1. The van der Waals surface area contributed by atoms with Crippen LogP contribution in [0.2, 0.25) is 0 Å². The fourth-order valence-corrected chi connectivity index (χ4v) is 7.77. The topological polar surface area (TPSA) is 26.3 Å². The molecule has 0 N–H and O–H groups in total. The number of carbonyl (C=O) groups excluding carboxylic acids is 1. The van der Waals surface area contributed by atoms with Crippen LogP contribution in [-0.2, 0) is 27.5 Å². The van der Waals surface area contributed by atoms with E-state index >= 15 is 0 Å². The summed E-state index contributed by atoms with van der Waals surface area (Å²) in [6.07, 6.45) is 0.433. The molecule has 0 spiro atoms. The first-order valence-electron chi connectivity index (χ1n) is 16.4. The molecule has 250 valence electrons. The number of halogens is 3. The van der Waals surface area contributed by atoms with Gasteiger partial charge in [0.1, 0.15) is 5.60 Å². The van der Waals surface area contributed by atoms with E-state index in [9.17, 15) is 18.0 Å².